The lowest BCUT2D eigenvalue weighted by Gasteiger charge is -2.15. The Bertz CT molecular complexity index is 434. The van der Waals surface area contributed by atoms with Gasteiger partial charge < -0.3 is 4.90 Å². The number of halogens is 2. The number of carbonyl (C=O) groups is 2. The van der Waals surface area contributed by atoms with E-state index in [0.29, 0.717) is 5.56 Å². The first-order chi connectivity index (χ1) is 7.41. The third-order valence-corrected chi connectivity index (χ3v) is 2.56. The summed E-state index contributed by atoms with van der Waals surface area (Å²) in [6.45, 7) is 1.26. The molecule has 0 saturated carbocycles. The van der Waals surface area contributed by atoms with E-state index in [4.69, 9.17) is 0 Å². The molecule has 0 aliphatic carbocycles. The standard InChI is InChI=1S/C11H11BrFNO2/c1-7(15)11(16)14(2)6-8-5-9(12)3-4-10(8)13/h3-5H,6H2,1-2H3. The van der Waals surface area contributed by atoms with Gasteiger partial charge in [0, 0.05) is 30.6 Å². The fraction of sp³-hybridized carbons (Fsp3) is 0.273. The van der Waals surface area contributed by atoms with Crippen LogP contribution in [0.25, 0.3) is 0 Å². The van der Waals surface area contributed by atoms with Crippen LogP contribution in [0, 0.1) is 5.82 Å². The molecule has 1 aromatic carbocycles. The van der Waals surface area contributed by atoms with E-state index in [1.54, 1.807) is 12.1 Å². The van der Waals surface area contributed by atoms with Gasteiger partial charge in [-0.2, -0.15) is 0 Å². The second-order valence-electron chi connectivity index (χ2n) is 3.45. The van der Waals surface area contributed by atoms with Gasteiger partial charge in [0.05, 0.1) is 0 Å². The van der Waals surface area contributed by atoms with Crippen molar-refractivity contribution in [1.82, 2.24) is 4.90 Å². The van der Waals surface area contributed by atoms with Crippen molar-refractivity contribution in [3.63, 3.8) is 0 Å². The van der Waals surface area contributed by atoms with Crippen LogP contribution in [0.5, 0.6) is 0 Å². The molecule has 16 heavy (non-hydrogen) atoms. The molecule has 0 aliphatic rings. The van der Waals surface area contributed by atoms with Crippen LogP contribution in [0.1, 0.15) is 12.5 Å². The molecule has 3 nitrogen and oxygen atoms in total. The van der Waals surface area contributed by atoms with Crippen molar-refractivity contribution in [2.45, 2.75) is 13.5 Å². The molecule has 0 spiro atoms. The van der Waals surface area contributed by atoms with E-state index < -0.39 is 17.5 Å². The fourth-order valence-corrected chi connectivity index (χ4v) is 1.67. The lowest BCUT2D eigenvalue weighted by Crippen LogP contribution is -2.31. The predicted molar refractivity (Wildman–Crippen MR) is 61.3 cm³/mol. The molecule has 0 radical (unpaired) electrons. The zero-order valence-corrected chi connectivity index (χ0v) is 10.5. The van der Waals surface area contributed by atoms with Crippen LogP contribution in [0.3, 0.4) is 0 Å². The monoisotopic (exact) mass is 287 g/mol. The van der Waals surface area contributed by atoms with Crippen LogP contribution in [0.15, 0.2) is 22.7 Å². The van der Waals surface area contributed by atoms with Crippen molar-refractivity contribution in [2.75, 3.05) is 7.05 Å². The lowest BCUT2D eigenvalue weighted by molar-refractivity contribution is -0.143. The molecule has 5 heteroatoms. The van der Waals surface area contributed by atoms with Crippen LogP contribution in [0.4, 0.5) is 4.39 Å². The van der Waals surface area contributed by atoms with Crippen molar-refractivity contribution in [3.05, 3.63) is 34.1 Å². The molecule has 0 aliphatic heterocycles. The summed E-state index contributed by atoms with van der Waals surface area (Å²) in [5.74, 6) is -1.58. The third kappa shape index (κ3) is 3.13. The summed E-state index contributed by atoms with van der Waals surface area (Å²) < 4.78 is 14.1. The maximum Gasteiger partial charge on any atom is 0.289 e. The van der Waals surface area contributed by atoms with Gasteiger partial charge in [0.2, 0.25) is 5.78 Å². The van der Waals surface area contributed by atoms with Gasteiger partial charge in [0.25, 0.3) is 5.91 Å². The molecule has 1 amide bonds. The quantitative estimate of drug-likeness (QED) is 0.799. The zero-order valence-electron chi connectivity index (χ0n) is 8.96. The van der Waals surface area contributed by atoms with Gasteiger partial charge in [-0.25, -0.2) is 4.39 Å². The average molecular weight is 288 g/mol. The van der Waals surface area contributed by atoms with E-state index in [-0.39, 0.29) is 6.54 Å². The summed E-state index contributed by atoms with van der Waals surface area (Å²) in [7, 11) is 1.46. The fourth-order valence-electron chi connectivity index (χ4n) is 1.26. The van der Waals surface area contributed by atoms with Crippen LogP contribution >= 0.6 is 15.9 Å². The summed E-state index contributed by atoms with van der Waals surface area (Å²) >= 11 is 3.22. The Balaban J connectivity index is 2.84. The minimum Gasteiger partial charge on any atom is -0.335 e. The molecule has 1 aromatic rings. The van der Waals surface area contributed by atoms with E-state index in [0.717, 1.165) is 4.47 Å². The molecule has 0 unspecified atom stereocenters. The first-order valence-electron chi connectivity index (χ1n) is 4.61. The maximum atomic E-state index is 13.4. The predicted octanol–water partition coefficient (Wildman–Crippen LogP) is 2.14. The molecule has 0 aromatic heterocycles. The summed E-state index contributed by atoms with van der Waals surface area (Å²) in [5.41, 5.74) is 0.367. The van der Waals surface area contributed by atoms with Crippen molar-refractivity contribution >= 4 is 27.6 Å². The van der Waals surface area contributed by atoms with Crippen LogP contribution in [0.2, 0.25) is 0 Å². The molecule has 0 bridgehead atoms. The summed E-state index contributed by atoms with van der Waals surface area (Å²) in [5, 5.41) is 0. The largest absolute Gasteiger partial charge is 0.335 e. The van der Waals surface area contributed by atoms with E-state index in [9.17, 15) is 14.0 Å². The van der Waals surface area contributed by atoms with E-state index >= 15 is 0 Å². The first-order valence-corrected chi connectivity index (χ1v) is 5.41. The number of nitrogens with zero attached hydrogens (tertiary/aromatic N) is 1. The number of carbonyl (C=O) groups excluding carboxylic acids is 2. The normalized spacial score (nSPS) is 10.0. The van der Waals surface area contributed by atoms with Gasteiger partial charge in [-0.3, -0.25) is 9.59 Å². The molecule has 0 saturated heterocycles. The van der Waals surface area contributed by atoms with E-state index in [1.165, 1.54) is 24.9 Å². The number of hydrogen-bond acceptors (Lipinski definition) is 2. The highest BCUT2D eigenvalue weighted by molar-refractivity contribution is 9.10. The van der Waals surface area contributed by atoms with Crippen molar-refractivity contribution in [1.29, 1.82) is 0 Å². The molecule has 0 N–H and O–H groups in total. The third-order valence-electron chi connectivity index (χ3n) is 2.06. The van der Waals surface area contributed by atoms with Crippen molar-refractivity contribution in [3.8, 4) is 0 Å². The Morgan fingerprint density at radius 2 is 2.06 bits per heavy atom. The highest BCUT2D eigenvalue weighted by Crippen LogP contribution is 2.16. The second-order valence-corrected chi connectivity index (χ2v) is 4.37. The van der Waals surface area contributed by atoms with Crippen LogP contribution in [-0.4, -0.2) is 23.6 Å². The van der Waals surface area contributed by atoms with Gasteiger partial charge in [0.1, 0.15) is 5.82 Å². The van der Waals surface area contributed by atoms with Crippen LogP contribution in [-0.2, 0) is 16.1 Å². The number of ketones is 1. The van der Waals surface area contributed by atoms with Crippen molar-refractivity contribution < 1.29 is 14.0 Å². The summed E-state index contributed by atoms with van der Waals surface area (Å²) in [4.78, 5) is 23.3. The topological polar surface area (TPSA) is 37.4 Å². The Morgan fingerprint density at radius 3 is 2.62 bits per heavy atom. The molecule has 0 heterocycles. The molecular formula is C11H11BrFNO2. The summed E-state index contributed by atoms with van der Waals surface area (Å²) in [6.07, 6.45) is 0. The lowest BCUT2D eigenvalue weighted by atomic mass is 10.2. The molecular weight excluding hydrogens is 277 g/mol. The van der Waals surface area contributed by atoms with Gasteiger partial charge in [-0.15, -0.1) is 0 Å². The van der Waals surface area contributed by atoms with Gasteiger partial charge in [0.15, 0.2) is 0 Å². The van der Waals surface area contributed by atoms with Crippen LogP contribution < -0.4 is 0 Å². The number of hydrogen-bond donors (Lipinski definition) is 0. The average Bonchev–Trinajstić information content (AvgIpc) is 2.22. The molecule has 0 atom stereocenters. The maximum absolute atomic E-state index is 13.4. The number of Topliss-reactive ketones (excluding diaryl/α,β-unsaturated/α-hetero) is 1. The minimum absolute atomic E-state index is 0.0731. The molecule has 0 fully saturated rings. The molecule has 1 rings (SSSR count). The Labute approximate surface area is 101 Å². The Hall–Kier alpha value is -1.23. The number of likely N-dealkylation sites (N-methyl/N-ethyl adjacent to an activating group) is 1. The Kier molecular flexibility index (Phi) is 4.18. The van der Waals surface area contributed by atoms with E-state index in [2.05, 4.69) is 15.9 Å². The van der Waals surface area contributed by atoms with Gasteiger partial charge in [-0.1, -0.05) is 15.9 Å². The number of benzene rings is 1. The second kappa shape index (κ2) is 5.21. The van der Waals surface area contributed by atoms with Gasteiger partial charge >= 0.3 is 0 Å². The smallest absolute Gasteiger partial charge is 0.289 e. The minimum atomic E-state index is -0.626. The number of amides is 1. The van der Waals surface area contributed by atoms with Crippen molar-refractivity contribution in [2.24, 2.45) is 0 Å². The Morgan fingerprint density at radius 1 is 1.44 bits per heavy atom. The SMILES string of the molecule is CC(=O)C(=O)N(C)Cc1cc(Br)ccc1F. The first kappa shape index (κ1) is 12.8. The summed E-state index contributed by atoms with van der Waals surface area (Å²) in [6, 6.07) is 4.47. The highest BCUT2D eigenvalue weighted by atomic mass is 79.9. The highest BCUT2D eigenvalue weighted by Gasteiger charge is 2.15. The molecule has 86 valence electrons. The van der Waals surface area contributed by atoms with E-state index in [1.807, 2.05) is 0 Å². The van der Waals surface area contributed by atoms with Gasteiger partial charge in [-0.05, 0) is 18.2 Å². The zero-order chi connectivity index (χ0) is 12.3. The number of rotatable bonds is 3.